The molecule has 8 nitrogen and oxygen atoms in total. The number of esters is 2. The number of ketones is 1. The Morgan fingerprint density at radius 3 is 2.06 bits per heavy atom. The second-order valence-electron chi connectivity index (χ2n) is 6.95. The smallest absolute Gasteiger partial charge is 0.344 e. The van der Waals surface area contributed by atoms with Gasteiger partial charge in [-0.25, -0.2) is 9.59 Å². The van der Waals surface area contributed by atoms with Crippen LogP contribution in [-0.4, -0.2) is 36.8 Å². The number of anilines is 1. The summed E-state index contributed by atoms with van der Waals surface area (Å²) in [5.41, 5.74) is 2.30. The van der Waals surface area contributed by atoms with Crippen LogP contribution in [0.1, 0.15) is 74.7 Å². The quantitative estimate of drug-likeness (QED) is 0.470. The SMILES string of the molecule is CCOC(=O)c1c(C)oc(NC(=O)CCC(=O)c2ccc(C)c(C)c2)c1C(=O)OCC. The van der Waals surface area contributed by atoms with Crippen molar-refractivity contribution in [3.05, 3.63) is 51.8 Å². The van der Waals surface area contributed by atoms with Crippen LogP contribution in [0.15, 0.2) is 22.6 Å². The number of hydrogen-bond acceptors (Lipinski definition) is 7. The van der Waals surface area contributed by atoms with Crippen molar-refractivity contribution in [2.24, 2.45) is 0 Å². The first kappa shape index (κ1) is 23.9. The molecule has 0 spiro atoms. The lowest BCUT2D eigenvalue weighted by atomic mass is 10.0. The number of carbonyl (C=O) groups is 4. The van der Waals surface area contributed by atoms with E-state index >= 15 is 0 Å². The standard InChI is InChI=1S/C23H27NO7/c1-6-29-22(27)19-15(5)31-21(20(19)23(28)30-7-2)24-18(26)11-10-17(25)16-9-8-13(3)14(4)12-16/h8-9,12H,6-7,10-11H2,1-5H3,(H,24,26). The molecule has 2 aromatic rings. The maximum absolute atomic E-state index is 12.4. The number of nitrogens with one attached hydrogen (secondary N) is 1. The maximum atomic E-state index is 12.4. The zero-order valence-corrected chi connectivity index (χ0v) is 18.4. The molecule has 0 aliphatic rings. The Morgan fingerprint density at radius 1 is 0.871 bits per heavy atom. The van der Waals surface area contributed by atoms with Gasteiger partial charge >= 0.3 is 11.9 Å². The fourth-order valence-corrected chi connectivity index (χ4v) is 2.96. The highest BCUT2D eigenvalue weighted by Gasteiger charge is 2.31. The second kappa shape index (κ2) is 10.6. The largest absolute Gasteiger partial charge is 0.462 e. The molecule has 1 N–H and O–H groups in total. The van der Waals surface area contributed by atoms with E-state index in [0.717, 1.165) is 11.1 Å². The van der Waals surface area contributed by atoms with E-state index in [1.807, 2.05) is 19.9 Å². The number of ether oxygens (including phenoxy) is 2. The molecule has 0 aliphatic heterocycles. The molecule has 0 aliphatic carbocycles. The summed E-state index contributed by atoms with van der Waals surface area (Å²) in [5, 5.41) is 2.47. The van der Waals surface area contributed by atoms with Gasteiger partial charge in [-0.05, 0) is 51.8 Å². The minimum atomic E-state index is -0.816. The molecular weight excluding hydrogens is 402 g/mol. The summed E-state index contributed by atoms with van der Waals surface area (Å²) in [6.45, 7) is 8.77. The molecular formula is C23H27NO7. The van der Waals surface area contributed by atoms with Crippen molar-refractivity contribution < 1.29 is 33.1 Å². The van der Waals surface area contributed by atoms with E-state index in [2.05, 4.69) is 5.32 Å². The highest BCUT2D eigenvalue weighted by Crippen LogP contribution is 2.29. The number of amides is 1. The Morgan fingerprint density at radius 2 is 1.48 bits per heavy atom. The molecule has 1 amide bonds. The molecule has 2 rings (SSSR count). The van der Waals surface area contributed by atoms with E-state index in [0.29, 0.717) is 5.56 Å². The maximum Gasteiger partial charge on any atom is 0.344 e. The lowest BCUT2D eigenvalue weighted by Crippen LogP contribution is -2.18. The first-order valence-electron chi connectivity index (χ1n) is 10.1. The molecule has 166 valence electrons. The average Bonchev–Trinajstić information content (AvgIpc) is 3.04. The summed E-state index contributed by atoms with van der Waals surface area (Å²) in [6.07, 6.45) is -0.143. The van der Waals surface area contributed by atoms with Crippen LogP contribution in [0.5, 0.6) is 0 Å². The molecule has 1 aromatic heterocycles. The molecule has 0 fully saturated rings. The Bertz CT molecular complexity index is 1000. The van der Waals surface area contributed by atoms with Crippen LogP contribution in [0.25, 0.3) is 0 Å². The molecule has 1 aromatic carbocycles. The first-order valence-corrected chi connectivity index (χ1v) is 10.1. The van der Waals surface area contributed by atoms with E-state index in [4.69, 9.17) is 13.9 Å². The van der Waals surface area contributed by atoms with Gasteiger partial charge in [-0.3, -0.25) is 14.9 Å². The summed E-state index contributed by atoms with van der Waals surface area (Å²) in [6, 6.07) is 5.37. The molecule has 0 bridgehead atoms. The highest BCUT2D eigenvalue weighted by atomic mass is 16.5. The van der Waals surface area contributed by atoms with Gasteiger partial charge in [0, 0.05) is 18.4 Å². The minimum absolute atomic E-state index is 0.0203. The number of rotatable bonds is 9. The van der Waals surface area contributed by atoms with Gasteiger partial charge in [-0.1, -0.05) is 12.1 Å². The molecule has 31 heavy (non-hydrogen) atoms. The number of aryl methyl sites for hydroxylation is 3. The van der Waals surface area contributed by atoms with Crippen molar-refractivity contribution in [1.82, 2.24) is 0 Å². The molecule has 1 heterocycles. The van der Waals surface area contributed by atoms with Crippen molar-refractivity contribution in [3.8, 4) is 0 Å². The number of furan rings is 1. The lowest BCUT2D eigenvalue weighted by Gasteiger charge is -2.07. The van der Waals surface area contributed by atoms with Crippen molar-refractivity contribution >= 4 is 29.5 Å². The van der Waals surface area contributed by atoms with Gasteiger partial charge in [0.15, 0.2) is 5.78 Å². The Kier molecular flexibility index (Phi) is 8.13. The van der Waals surface area contributed by atoms with Gasteiger partial charge in [-0.2, -0.15) is 0 Å². The molecule has 0 unspecified atom stereocenters. The minimum Gasteiger partial charge on any atom is -0.462 e. The van der Waals surface area contributed by atoms with Gasteiger partial charge in [0.2, 0.25) is 11.8 Å². The third-order valence-electron chi connectivity index (χ3n) is 4.70. The Balaban J connectivity index is 2.17. The van der Waals surface area contributed by atoms with Gasteiger partial charge < -0.3 is 13.9 Å². The van der Waals surface area contributed by atoms with Gasteiger partial charge in [0.1, 0.15) is 16.9 Å². The summed E-state index contributed by atoms with van der Waals surface area (Å²) < 4.78 is 15.4. The number of benzene rings is 1. The average molecular weight is 429 g/mol. The molecule has 0 saturated heterocycles. The van der Waals surface area contributed by atoms with Crippen molar-refractivity contribution in [3.63, 3.8) is 0 Å². The summed E-state index contributed by atoms with van der Waals surface area (Å²) in [4.78, 5) is 49.5. The van der Waals surface area contributed by atoms with Crippen LogP contribution in [0.3, 0.4) is 0 Å². The van der Waals surface area contributed by atoms with Gasteiger partial charge in [0.25, 0.3) is 0 Å². The Labute approximate surface area is 180 Å². The monoisotopic (exact) mass is 429 g/mol. The molecule has 0 atom stereocenters. The molecule has 8 heteroatoms. The van der Waals surface area contributed by atoms with E-state index in [1.165, 1.54) is 6.92 Å². The normalized spacial score (nSPS) is 10.5. The third-order valence-corrected chi connectivity index (χ3v) is 4.70. The fraction of sp³-hybridized carbons (Fsp3) is 0.391. The predicted molar refractivity (Wildman–Crippen MR) is 113 cm³/mol. The third kappa shape index (κ3) is 5.81. The van der Waals surface area contributed by atoms with Crippen molar-refractivity contribution in [2.75, 3.05) is 18.5 Å². The van der Waals surface area contributed by atoms with Crippen molar-refractivity contribution in [2.45, 2.75) is 47.5 Å². The van der Waals surface area contributed by atoms with Crippen molar-refractivity contribution in [1.29, 1.82) is 0 Å². The summed E-state index contributed by atoms with van der Waals surface area (Å²) in [5.74, 6) is -2.37. The van der Waals surface area contributed by atoms with E-state index in [-0.39, 0.29) is 54.6 Å². The summed E-state index contributed by atoms with van der Waals surface area (Å²) in [7, 11) is 0. The summed E-state index contributed by atoms with van der Waals surface area (Å²) >= 11 is 0. The zero-order chi connectivity index (χ0) is 23.1. The van der Waals surface area contributed by atoms with Crippen LogP contribution >= 0.6 is 0 Å². The van der Waals surface area contributed by atoms with Gasteiger partial charge in [0.05, 0.1) is 13.2 Å². The molecule has 0 radical (unpaired) electrons. The van der Waals surface area contributed by atoms with Crippen LogP contribution in [0, 0.1) is 20.8 Å². The van der Waals surface area contributed by atoms with Crippen LogP contribution in [0.2, 0.25) is 0 Å². The zero-order valence-electron chi connectivity index (χ0n) is 18.4. The van der Waals surface area contributed by atoms with Gasteiger partial charge in [-0.15, -0.1) is 0 Å². The predicted octanol–water partition coefficient (Wildman–Crippen LogP) is 4.16. The fourth-order valence-electron chi connectivity index (χ4n) is 2.96. The molecule has 0 saturated carbocycles. The number of hydrogen-bond donors (Lipinski definition) is 1. The van der Waals surface area contributed by atoms with E-state index < -0.39 is 17.8 Å². The number of carbonyl (C=O) groups excluding carboxylic acids is 4. The topological polar surface area (TPSA) is 112 Å². The number of Topliss-reactive ketones (excluding diaryl/α,β-unsaturated/α-hetero) is 1. The highest BCUT2D eigenvalue weighted by molar-refractivity contribution is 6.09. The second-order valence-corrected chi connectivity index (χ2v) is 6.95. The Hall–Kier alpha value is -3.42. The van der Waals surface area contributed by atoms with Crippen LogP contribution in [-0.2, 0) is 14.3 Å². The van der Waals surface area contributed by atoms with E-state index in [1.54, 1.807) is 26.0 Å². The van der Waals surface area contributed by atoms with Crippen LogP contribution < -0.4 is 5.32 Å². The van der Waals surface area contributed by atoms with E-state index in [9.17, 15) is 19.2 Å². The first-order chi connectivity index (χ1) is 14.7. The van der Waals surface area contributed by atoms with Crippen LogP contribution in [0.4, 0.5) is 5.88 Å². The lowest BCUT2D eigenvalue weighted by molar-refractivity contribution is -0.116.